The van der Waals surface area contributed by atoms with Gasteiger partial charge in [0.1, 0.15) is 5.75 Å². The Morgan fingerprint density at radius 1 is 1.14 bits per heavy atom. The van der Waals surface area contributed by atoms with Crippen LogP contribution in [0, 0.1) is 13.8 Å². The number of phenolic OH excluding ortho intramolecular Hbond substituents is 1. The number of aryl methyl sites for hydroxylation is 2. The molecule has 0 amide bonds. The Labute approximate surface area is 119 Å². The molecule has 2 aromatic heterocycles. The Hall–Kier alpha value is -2.96. The predicted octanol–water partition coefficient (Wildman–Crippen LogP) is 1.81. The number of hydrogen-bond donors (Lipinski definition) is 2. The summed E-state index contributed by atoms with van der Waals surface area (Å²) < 4.78 is 1.48. The number of aromatic hydroxyl groups is 1. The molecular weight excluding hydrogens is 272 g/mol. The van der Waals surface area contributed by atoms with Crippen molar-refractivity contribution in [3.8, 4) is 16.9 Å². The molecule has 1 aromatic carbocycles. The first-order valence-electron chi connectivity index (χ1n) is 6.24. The van der Waals surface area contributed by atoms with Crippen LogP contribution in [-0.4, -0.2) is 36.0 Å². The van der Waals surface area contributed by atoms with Gasteiger partial charge in [-0.1, -0.05) is 12.1 Å². The molecule has 7 nitrogen and oxygen atoms in total. The van der Waals surface area contributed by atoms with Crippen LogP contribution in [-0.2, 0) is 0 Å². The number of hydrogen-bond acceptors (Lipinski definition) is 5. The zero-order chi connectivity index (χ0) is 15.1. The van der Waals surface area contributed by atoms with Crippen LogP contribution in [0.3, 0.4) is 0 Å². The maximum Gasteiger partial charge on any atom is 0.358 e. The minimum atomic E-state index is -1.14. The van der Waals surface area contributed by atoms with Crippen LogP contribution < -0.4 is 0 Å². The number of nitrogens with zero attached hydrogens (tertiary/aromatic N) is 4. The number of benzene rings is 1. The highest BCUT2D eigenvalue weighted by molar-refractivity contribution is 5.87. The van der Waals surface area contributed by atoms with Crippen LogP contribution >= 0.6 is 0 Å². The Kier molecular flexibility index (Phi) is 2.83. The monoisotopic (exact) mass is 284 g/mol. The van der Waals surface area contributed by atoms with Gasteiger partial charge in [-0.2, -0.15) is 5.10 Å². The van der Waals surface area contributed by atoms with Crippen LogP contribution in [0.25, 0.3) is 16.8 Å². The molecule has 0 aliphatic heterocycles. The van der Waals surface area contributed by atoms with Gasteiger partial charge >= 0.3 is 5.97 Å². The number of rotatable bonds is 2. The number of carbonyl (C=O) groups is 1. The molecule has 0 bridgehead atoms. The van der Waals surface area contributed by atoms with E-state index in [1.807, 2.05) is 6.92 Å². The van der Waals surface area contributed by atoms with E-state index in [2.05, 4.69) is 15.3 Å². The van der Waals surface area contributed by atoms with E-state index in [-0.39, 0.29) is 11.4 Å². The molecule has 3 rings (SSSR count). The van der Waals surface area contributed by atoms with Crippen molar-refractivity contribution in [3.05, 3.63) is 41.3 Å². The van der Waals surface area contributed by atoms with Crippen molar-refractivity contribution < 1.29 is 15.0 Å². The van der Waals surface area contributed by atoms with Gasteiger partial charge in [-0.05, 0) is 31.5 Å². The fourth-order valence-electron chi connectivity index (χ4n) is 2.27. The van der Waals surface area contributed by atoms with Crippen LogP contribution in [0.2, 0.25) is 0 Å². The molecular formula is C14H12N4O3. The second-order valence-electron chi connectivity index (χ2n) is 4.68. The number of aromatic carboxylic acids is 1. The summed E-state index contributed by atoms with van der Waals surface area (Å²) in [5, 5.41) is 30.5. The second-order valence-corrected chi connectivity index (χ2v) is 4.68. The third kappa shape index (κ3) is 1.99. The third-order valence-electron chi connectivity index (χ3n) is 3.30. The quantitative estimate of drug-likeness (QED) is 0.744. The summed E-state index contributed by atoms with van der Waals surface area (Å²) >= 11 is 0. The highest BCUT2D eigenvalue weighted by Gasteiger charge is 2.19. The number of aromatic nitrogens is 4. The van der Waals surface area contributed by atoms with Gasteiger partial charge in [0.15, 0.2) is 11.3 Å². The molecule has 0 aliphatic rings. The van der Waals surface area contributed by atoms with Gasteiger partial charge in [-0.3, -0.25) is 0 Å². The first-order valence-corrected chi connectivity index (χ1v) is 6.24. The van der Waals surface area contributed by atoms with Gasteiger partial charge in [-0.15, -0.1) is 10.2 Å². The maximum atomic E-state index is 11.1. The molecule has 2 N–H and O–H groups in total. The summed E-state index contributed by atoms with van der Waals surface area (Å²) in [6.07, 6.45) is 0. The molecule has 0 unspecified atom stereocenters. The molecule has 106 valence electrons. The molecule has 0 aliphatic carbocycles. The van der Waals surface area contributed by atoms with Gasteiger partial charge in [0, 0.05) is 0 Å². The lowest BCUT2D eigenvalue weighted by Crippen LogP contribution is -2.10. The first kappa shape index (κ1) is 13.0. The highest BCUT2D eigenvalue weighted by atomic mass is 16.4. The lowest BCUT2D eigenvalue weighted by atomic mass is 10.1. The van der Waals surface area contributed by atoms with E-state index in [0.717, 1.165) is 11.1 Å². The second kappa shape index (κ2) is 4.55. The van der Waals surface area contributed by atoms with E-state index in [0.29, 0.717) is 17.0 Å². The Morgan fingerprint density at radius 3 is 2.43 bits per heavy atom. The average molecular weight is 284 g/mol. The van der Waals surface area contributed by atoms with E-state index < -0.39 is 5.97 Å². The number of phenols is 1. The fourth-order valence-corrected chi connectivity index (χ4v) is 2.27. The van der Waals surface area contributed by atoms with Crippen molar-refractivity contribution in [2.45, 2.75) is 13.8 Å². The van der Waals surface area contributed by atoms with Gasteiger partial charge in [0.05, 0.1) is 17.0 Å². The van der Waals surface area contributed by atoms with Crippen molar-refractivity contribution in [1.29, 1.82) is 0 Å². The van der Waals surface area contributed by atoms with Gasteiger partial charge in [-0.25, -0.2) is 9.31 Å². The minimum Gasteiger partial charge on any atom is -0.508 e. The van der Waals surface area contributed by atoms with Gasteiger partial charge < -0.3 is 10.2 Å². The van der Waals surface area contributed by atoms with Crippen molar-refractivity contribution in [3.63, 3.8) is 0 Å². The van der Waals surface area contributed by atoms with Crippen LogP contribution in [0.4, 0.5) is 0 Å². The molecule has 0 spiro atoms. The molecule has 21 heavy (non-hydrogen) atoms. The molecule has 0 fully saturated rings. The third-order valence-corrected chi connectivity index (χ3v) is 3.30. The predicted molar refractivity (Wildman–Crippen MR) is 74.3 cm³/mol. The average Bonchev–Trinajstić information content (AvgIpc) is 2.77. The van der Waals surface area contributed by atoms with E-state index >= 15 is 0 Å². The topological polar surface area (TPSA) is 101 Å². The Bertz CT molecular complexity index is 853. The van der Waals surface area contributed by atoms with E-state index in [9.17, 15) is 9.90 Å². The van der Waals surface area contributed by atoms with E-state index in [1.54, 1.807) is 31.2 Å². The first-order chi connectivity index (χ1) is 9.99. The molecule has 0 radical (unpaired) electrons. The smallest absolute Gasteiger partial charge is 0.358 e. The van der Waals surface area contributed by atoms with E-state index in [1.165, 1.54) is 4.52 Å². The molecule has 0 saturated heterocycles. The van der Waals surface area contributed by atoms with Crippen molar-refractivity contribution in [1.82, 2.24) is 19.8 Å². The Morgan fingerprint density at radius 2 is 1.81 bits per heavy atom. The SMILES string of the molecule is Cc1nn2c(C)c(C(=O)O)nnc2c1-c1ccc(O)cc1. The summed E-state index contributed by atoms with van der Waals surface area (Å²) in [4.78, 5) is 11.1. The van der Waals surface area contributed by atoms with Gasteiger partial charge in [0.25, 0.3) is 0 Å². The van der Waals surface area contributed by atoms with Crippen molar-refractivity contribution in [2.24, 2.45) is 0 Å². The zero-order valence-corrected chi connectivity index (χ0v) is 11.4. The molecule has 3 aromatic rings. The van der Waals surface area contributed by atoms with Crippen LogP contribution in [0.15, 0.2) is 24.3 Å². The molecule has 0 saturated carbocycles. The standard InChI is InChI=1S/C14H12N4O3/c1-7-11(9-3-5-10(19)6-4-9)13-16-15-12(14(20)21)8(2)18(13)17-7/h3-6,19H,1-2H3,(H,20,21). The summed E-state index contributed by atoms with van der Waals surface area (Å²) in [6.45, 7) is 3.45. The van der Waals surface area contributed by atoms with Crippen LogP contribution in [0.1, 0.15) is 21.9 Å². The van der Waals surface area contributed by atoms with Crippen molar-refractivity contribution in [2.75, 3.05) is 0 Å². The molecule has 7 heteroatoms. The van der Waals surface area contributed by atoms with Gasteiger partial charge in [0.2, 0.25) is 0 Å². The van der Waals surface area contributed by atoms with Crippen LogP contribution in [0.5, 0.6) is 5.75 Å². The molecule has 2 heterocycles. The summed E-state index contributed by atoms with van der Waals surface area (Å²) in [5.74, 6) is -0.968. The fraction of sp³-hybridized carbons (Fsp3) is 0.143. The summed E-state index contributed by atoms with van der Waals surface area (Å²) in [6, 6.07) is 6.65. The number of fused-ring (bicyclic) bond motifs is 1. The normalized spacial score (nSPS) is 11.0. The lowest BCUT2D eigenvalue weighted by molar-refractivity contribution is 0.0687. The highest BCUT2D eigenvalue weighted by Crippen LogP contribution is 2.28. The van der Waals surface area contributed by atoms with Crippen molar-refractivity contribution >= 4 is 11.6 Å². The zero-order valence-electron chi connectivity index (χ0n) is 11.4. The number of carboxylic acid groups (broad SMARTS) is 1. The Balaban J connectivity index is 2.30. The minimum absolute atomic E-state index is 0.123. The number of carboxylic acids is 1. The summed E-state index contributed by atoms with van der Waals surface area (Å²) in [7, 11) is 0. The lowest BCUT2D eigenvalue weighted by Gasteiger charge is -2.03. The summed E-state index contributed by atoms with van der Waals surface area (Å²) in [5.41, 5.74) is 3.09. The molecule has 0 atom stereocenters. The largest absolute Gasteiger partial charge is 0.508 e. The van der Waals surface area contributed by atoms with E-state index in [4.69, 9.17) is 5.11 Å². The maximum absolute atomic E-state index is 11.1.